The summed E-state index contributed by atoms with van der Waals surface area (Å²) in [6, 6.07) is 11.6. The number of nitrogens with zero attached hydrogens (tertiary/aromatic N) is 1. The van der Waals surface area contributed by atoms with E-state index in [-0.39, 0.29) is 9.92 Å². The Bertz CT molecular complexity index is 747. The lowest BCUT2D eigenvalue weighted by atomic mass is 10.3. The number of hydrogen-bond acceptors (Lipinski definition) is 3. The van der Waals surface area contributed by atoms with E-state index in [9.17, 15) is 8.42 Å². The van der Waals surface area contributed by atoms with Gasteiger partial charge in [-0.25, -0.2) is 8.42 Å². The highest BCUT2D eigenvalue weighted by molar-refractivity contribution is 14.1. The monoisotopic (exact) mass is 437 g/mol. The summed E-state index contributed by atoms with van der Waals surface area (Å²) < 4.78 is 32.5. The molecule has 0 N–H and O–H groups in total. The summed E-state index contributed by atoms with van der Waals surface area (Å²) in [5, 5.41) is 0.259. The van der Waals surface area contributed by atoms with E-state index in [1.807, 2.05) is 12.1 Å². The van der Waals surface area contributed by atoms with Crippen LogP contribution in [0.1, 0.15) is 0 Å². The van der Waals surface area contributed by atoms with Gasteiger partial charge in [0.15, 0.2) is 0 Å². The van der Waals surface area contributed by atoms with Crippen LogP contribution in [0.15, 0.2) is 47.4 Å². The predicted octanol–water partition coefficient (Wildman–Crippen LogP) is 3.78. The number of halogens is 2. The molecule has 0 aliphatic heterocycles. The van der Waals surface area contributed by atoms with Gasteiger partial charge in [-0.2, -0.15) is 0 Å². The van der Waals surface area contributed by atoms with Crippen LogP contribution in [-0.2, 0) is 10.0 Å². The SMILES string of the molecule is COc1ccc(S(=O)(=O)N(C)c2ccc(I)cc2)cc1Cl. The van der Waals surface area contributed by atoms with Gasteiger partial charge in [0.1, 0.15) is 5.75 Å². The Labute approximate surface area is 142 Å². The Morgan fingerprint density at radius 1 is 1.14 bits per heavy atom. The Hall–Kier alpha value is -0.990. The third-order valence-electron chi connectivity index (χ3n) is 2.97. The lowest BCUT2D eigenvalue weighted by Crippen LogP contribution is -2.26. The second kappa shape index (κ2) is 6.41. The second-order valence-corrected chi connectivity index (χ2v) is 7.87. The third kappa shape index (κ3) is 3.44. The normalized spacial score (nSPS) is 11.2. The van der Waals surface area contributed by atoms with Crippen LogP contribution in [-0.4, -0.2) is 22.6 Å². The van der Waals surface area contributed by atoms with Gasteiger partial charge in [0, 0.05) is 10.6 Å². The number of rotatable bonds is 4. The minimum absolute atomic E-state index is 0.120. The molecule has 112 valence electrons. The number of ether oxygens (including phenoxy) is 1. The first-order valence-electron chi connectivity index (χ1n) is 5.94. The molecule has 0 spiro atoms. The van der Waals surface area contributed by atoms with Crippen LogP contribution in [0.25, 0.3) is 0 Å². The molecule has 7 heteroatoms. The minimum Gasteiger partial charge on any atom is -0.495 e. The number of sulfonamides is 1. The van der Waals surface area contributed by atoms with E-state index < -0.39 is 10.0 Å². The van der Waals surface area contributed by atoms with Crippen LogP contribution in [0.5, 0.6) is 5.75 Å². The molecule has 0 aliphatic carbocycles. The minimum atomic E-state index is -3.66. The van der Waals surface area contributed by atoms with Crippen molar-refractivity contribution in [3.05, 3.63) is 51.1 Å². The Kier molecular flexibility index (Phi) is 5.00. The first-order chi connectivity index (χ1) is 9.86. The van der Waals surface area contributed by atoms with Crippen molar-refractivity contribution in [2.45, 2.75) is 4.90 Å². The van der Waals surface area contributed by atoms with Crippen LogP contribution in [0.2, 0.25) is 5.02 Å². The fraction of sp³-hybridized carbons (Fsp3) is 0.143. The summed E-state index contributed by atoms with van der Waals surface area (Å²) in [4.78, 5) is 0.120. The highest BCUT2D eigenvalue weighted by atomic mass is 127. The van der Waals surface area contributed by atoms with Crippen LogP contribution in [0.3, 0.4) is 0 Å². The average Bonchev–Trinajstić information content (AvgIpc) is 2.47. The molecule has 0 amide bonds. The van der Waals surface area contributed by atoms with Gasteiger partial charge in [0.25, 0.3) is 10.0 Å². The zero-order chi connectivity index (χ0) is 15.6. The average molecular weight is 438 g/mol. The van der Waals surface area contributed by atoms with Crippen molar-refractivity contribution < 1.29 is 13.2 Å². The van der Waals surface area contributed by atoms with E-state index >= 15 is 0 Å². The predicted molar refractivity (Wildman–Crippen MR) is 92.8 cm³/mol. The van der Waals surface area contributed by atoms with Gasteiger partial charge in [0.2, 0.25) is 0 Å². The van der Waals surface area contributed by atoms with E-state index in [0.29, 0.717) is 11.4 Å². The number of anilines is 1. The molecule has 4 nitrogen and oxygen atoms in total. The van der Waals surface area contributed by atoms with Gasteiger partial charge in [0.05, 0.1) is 22.7 Å². The Morgan fingerprint density at radius 3 is 2.29 bits per heavy atom. The molecule has 0 unspecified atom stereocenters. The summed E-state index contributed by atoms with van der Waals surface area (Å²) in [5.41, 5.74) is 0.586. The standard InChI is InChI=1S/C14H13ClINO3S/c1-17(11-5-3-10(16)4-6-11)21(18,19)12-7-8-14(20-2)13(15)9-12/h3-9H,1-2H3. The van der Waals surface area contributed by atoms with Crippen LogP contribution >= 0.6 is 34.2 Å². The summed E-state index contributed by atoms with van der Waals surface area (Å²) in [6.45, 7) is 0. The van der Waals surface area contributed by atoms with E-state index in [1.54, 1.807) is 12.1 Å². The van der Waals surface area contributed by atoms with Crippen molar-refractivity contribution in [3.63, 3.8) is 0 Å². The molecular weight excluding hydrogens is 425 g/mol. The van der Waals surface area contributed by atoms with Gasteiger partial charge in [-0.1, -0.05) is 11.6 Å². The van der Waals surface area contributed by atoms with E-state index in [0.717, 1.165) is 3.57 Å². The summed E-state index contributed by atoms with van der Waals surface area (Å²) in [7, 11) is -0.673. The van der Waals surface area contributed by atoms with E-state index in [1.165, 1.54) is 36.7 Å². The molecule has 0 radical (unpaired) electrons. The van der Waals surface area contributed by atoms with Crippen LogP contribution in [0, 0.1) is 3.57 Å². The van der Waals surface area contributed by atoms with Gasteiger partial charge < -0.3 is 4.74 Å². The van der Waals surface area contributed by atoms with E-state index in [2.05, 4.69) is 22.6 Å². The molecule has 2 aromatic carbocycles. The molecule has 2 rings (SSSR count). The Balaban J connectivity index is 2.41. The molecule has 0 bridgehead atoms. The summed E-state index contributed by atoms with van der Waals surface area (Å²) in [5.74, 6) is 0.438. The topological polar surface area (TPSA) is 46.6 Å². The fourth-order valence-corrected chi connectivity index (χ4v) is 3.66. The van der Waals surface area contributed by atoms with Crippen LogP contribution < -0.4 is 9.04 Å². The maximum Gasteiger partial charge on any atom is 0.264 e. The van der Waals surface area contributed by atoms with E-state index in [4.69, 9.17) is 16.3 Å². The van der Waals surface area contributed by atoms with Crippen molar-refractivity contribution in [1.29, 1.82) is 0 Å². The lowest BCUT2D eigenvalue weighted by Gasteiger charge is -2.20. The van der Waals surface area contributed by atoms with Crippen LogP contribution in [0.4, 0.5) is 5.69 Å². The van der Waals surface area contributed by atoms with Crippen molar-refractivity contribution in [3.8, 4) is 5.75 Å². The zero-order valence-electron chi connectivity index (χ0n) is 11.4. The number of benzene rings is 2. The quantitative estimate of drug-likeness (QED) is 0.684. The molecule has 0 saturated carbocycles. The number of methoxy groups -OCH3 is 1. The molecular formula is C14H13ClINO3S. The second-order valence-electron chi connectivity index (χ2n) is 4.25. The lowest BCUT2D eigenvalue weighted by molar-refractivity contribution is 0.414. The van der Waals surface area contributed by atoms with Gasteiger partial charge in [-0.05, 0) is 65.1 Å². The first-order valence-corrected chi connectivity index (χ1v) is 8.84. The highest BCUT2D eigenvalue weighted by Crippen LogP contribution is 2.29. The molecule has 2 aromatic rings. The smallest absolute Gasteiger partial charge is 0.264 e. The molecule has 0 heterocycles. The zero-order valence-corrected chi connectivity index (χ0v) is 15.1. The maximum atomic E-state index is 12.6. The first kappa shape index (κ1) is 16.4. The summed E-state index contributed by atoms with van der Waals surface area (Å²) >= 11 is 8.16. The molecule has 0 aliphatic rings. The highest BCUT2D eigenvalue weighted by Gasteiger charge is 2.22. The van der Waals surface area contributed by atoms with Crippen molar-refractivity contribution in [2.75, 3.05) is 18.5 Å². The van der Waals surface area contributed by atoms with Gasteiger partial charge in [-0.15, -0.1) is 0 Å². The van der Waals surface area contributed by atoms with Crippen molar-refractivity contribution >= 4 is 49.9 Å². The van der Waals surface area contributed by atoms with Crippen molar-refractivity contribution in [1.82, 2.24) is 0 Å². The molecule has 0 fully saturated rings. The molecule has 0 atom stereocenters. The van der Waals surface area contributed by atoms with Gasteiger partial charge in [-0.3, -0.25) is 4.31 Å². The van der Waals surface area contributed by atoms with Gasteiger partial charge >= 0.3 is 0 Å². The third-order valence-corrected chi connectivity index (χ3v) is 5.77. The molecule has 0 aromatic heterocycles. The molecule has 21 heavy (non-hydrogen) atoms. The summed E-state index contributed by atoms with van der Waals surface area (Å²) in [6.07, 6.45) is 0. The molecule has 0 saturated heterocycles. The maximum absolute atomic E-state index is 12.6. The fourth-order valence-electron chi connectivity index (χ4n) is 1.76. The largest absolute Gasteiger partial charge is 0.495 e. The van der Waals surface area contributed by atoms with Crippen molar-refractivity contribution in [2.24, 2.45) is 0 Å². The number of hydrogen-bond donors (Lipinski definition) is 0. The Morgan fingerprint density at radius 2 is 1.76 bits per heavy atom.